The molecular formula is C13H12Br2N2. The lowest BCUT2D eigenvalue weighted by atomic mass is 10.2. The molecule has 1 aromatic carbocycles. The highest BCUT2D eigenvalue weighted by molar-refractivity contribution is 9.10. The van der Waals surface area contributed by atoms with Crippen LogP contribution in [-0.4, -0.2) is 12.0 Å². The molecule has 17 heavy (non-hydrogen) atoms. The minimum atomic E-state index is 0.871. The molecule has 0 unspecified atom stereocenters. The van der Waals surface area contributed by atoms with Crippen LogP contribution in [0.4, 0.5) is 5.69 Å². The van der Waals surface area contributed by atoms with Gasteiger partial charge < -0.3 is 4.90 Å². The van der Waals surface area contributed by atoms with Gasteiger partial charge in [-0.15, -0.1) is 0 Å². The van der Waals surface area contributed by atoms with Crippen molar-refractivity contribution in [2.24, 2.45) is 0 Å². The van der Waals surface area contributed by atoms with E-state index in [1.165, 1.54) is 5.56 Å². The summed E-state index contributed by atoms with van der Waals surface area (Å²) >= 11 is 6.95. The summed E-state index contributed by atoms with van der Waals surface area (Å²) in [6.07, 6.45) is 3.62. The summed E-state index contributed by atoms with van der Waals surface area (Å²) in [5.41, 5.74) is 2.42. The van der Waals surface area contributed by atoms with E-state index in [2.05, 4.69) is 73.1 Å². The van der Waals surface area contributed by atoms with Gasteiger partial charge in [-0.1, -0.05) is 28.1 Å². The molecule has 0 saturated heterocycles. The summed E-state index contributed by atoms with van der Waals surface area (Å²) in [6.45, 7) is 0.871. The molecule has 2 nitrogen and oxygen atoms in total. The maximum absolute atomic E-state index is 4.07. The predicted molar refractivity (Wildman–Crippen MR) is 78.2 cm³/mol. The van der Waals surface area contributed by atoms with Crippen molar-refractivity contribution in [2.75, 3.05) is 11.9 Å². The van der Waals surface area contributed by atoms with Gasteiger partial charge in [0.1, 0.15) is 0 Å². The first-order valence-electron chi connectivity index (χ1n) is 5.22. The SMILES string of the molecule is CN(Cc1ccc(Br)cc1)c1ccncc1Br. The Hall–Kier alpha value is -0.870. The van der Waals surface area contributed by atoms with Crippen LogP contribution in [0.5, 0.6) is 0 Å². The standard InChI is InChI=1S/C13H12Br2N2/c1-17(13-6-7-16-8-12(13)15)9-10-2-4-11(14)5-3-10/h2-8H,9H2,1H3. The monoisotopic (exact) mass is 354 g/mol. The highest BCUT2D eigenvalue weighted by atomic mass is 79.9. The molecule has 1 aromatic heterocycles. The fourth-order valence-electron chi connectivity index (χ4n) is 1.63. The van der Waals surface area contributed by atoms with Crippen LogP contribution in [0.1, 0.15) is 5.56 Å². The highest BCUT2D eigenvalue weighted by Crippen LogP contribution is 2.25. The minimum absolute atomic E-state index is 0.871. The lowest BCUT2D eigenvalue weighted by Crippen LogP contribution is -2.16. The van der Waals surface area contributed by atoms with Crippen molar-refractivity contribution in [2.45, 2.75) is 6.54 Å². The van der Waals surface area contributed by atoms with E-state index in [0.717, 1.165) is 21.2 Å². The minimum Gasteiger partial charge on any atom is -0.369 e. The molecule has 0 aliphatic heterocycles. The van der Waals surface area contributed by atoms with Gasteiger partial charge in [-0.05, 0) is 39.7 Å². The zero-order valence-corrected chi connectivity index (χ0v) is 12.6. The van der Waals surface area contributed by atoms with Crippen LogP contribution in [0.2, 0.25) is 0 Å². The maximum atomic E-state index is 4.07. The molecule has 0 aliphatic carbocycles. The van der Waals surface area contributed by atoms with Gasteiger partial charge in [0.15, 0.2) is 0 Å². The fraction of sp³-hybridized carbons (Fsp3) is 0.154. The van der Waals surface area contributed by atoms with E-state index in [1.807, 2.05) is 12.3 Å². The maximum Gasteiger partial charge on any atom is 0.0592 e. The van der Waals surface area contributed by atoms with E-state index in [4.69, 9.17) is 0 Å². The van der Waals surface area contributed by atoms with Crippen LogP contribution < -0.4 is 4.90 Å². The Balaban J connectivity index is 2.14. The molecule has 4 heteroatoms. The number of benzene rings is 1. The Morgan fingerprint density at radius 2 is 1.82 bits per heavy atom. The van der Waals surface area contributed by atoms with Crippen molar-refractivity contribution in [3.63, 3.8) is 0 Å². The average Bonchev–Trinajstić information content (AvgIpc) is 2.32. The summed E-state index contributed by atoms with van der Waals surface area (Å²) < 4.78 is 2.12. The van der Waals surface area contributed by atoms with Crippen molar-refractivity contribution in [1.29, 1.82) is 0 Å². The number of nitrogens with zero attached hydrogens (tertiary/aromatic N) is 2. The quantitative estimate of drug-likeness (QED) is 0.818. The van der Waals surface area contributed by atoms with Gasteiger partial charge in [-0.25, -0.2) is 0 Å². The number of hydrogen-bond donors (Lipinski definition) is 0. The normalized spacial score (nSPS) is 10.3. The van der Waals surface area contributed by atoms with Gasteiger partial charge in [0.2, 0.25) is 0 Å². The number of rotatable bonds is 3. The number of anilines is 1. The fourth-order valence-corrected chi connectivity index (χ4v) is 2.44. The third kappa shape index (κ3) is 3.30. The molecule has 0 fully saturated rings. The number of halogens is 2. The Labute approximate surface area is 118 Å². The first-order chi connectivity index (χ1) is 8.16. The molecule has 1 heterocycles. The zero-order valence-electron chi connectivity index (χ0n) is 9.40. The van der Waals surface area contributed by atoms with E-state index < -0.39 is 0 Å². The number of aromatic nitrogens is 1. The van der Waals surface area contributed by atoms with Gasteiger partial charge in [-0.2, -0.15) is 0 Å². The summed E-state index contributed by atoms with van der Waals surface area (Å²) in [7, 11) is 2.07. The average molecular weight is 356 g/mol. The Morgan fingerprint density at radius 1 is 1.12 bits per heavy atom. The third-order valence-electron chi connectivity index (χ3n) is 2.50. The Morgan fingerprint density at radius 3 is 2.47 bits per heavy atom. The molecule has 88 valence electrons. The molecule has 0 atom stereocenters. The second-order valence-electron chi connectivity index (χ2n) is 3.81. The van der Waals surface area contributed by atoms with Gasteiger partial charge >= 0.3 is 0 Å². The summed E-state index contributed by atoms with van der Waals surface area (Å²) in [4.78, 5) is 6.26. The molecule has 0 spiro atoms. The van der Waals surface area contributed by atoms with Crippen LogP contribution in [0.3, 0.4) is 0 Å². The van der Waals surface area contributed by atoms with Crippen LogP contribution in [0, 0.1) is 0 Å². The van der Waals surface area contributed by atoms with E-state index in [9.17, 15) is 0 Å². The number of hydrogen-bond acceptors (Lipinski definition) is 2. The summed E-state index contributed by atoms with van der Waals surface area (Å²) in [5, 5.41) is 0. The van der Waals surface area contributed by atoms with Crippen molar-refractivity contribution in [1.82, 2.24) is 4.98 Å². The first-order valence-corrected chi connectivity index (χ1v) is 6.80. The van der Waals surface area contributed by atoms with E-state index in [1.54, 1.807) is 6.20 Å². The van der Waals surface area contributed by atoms with Gasteiger partial charge in [0.05, 0.1) is 10.2 Å². The summed E-state index contributed by atoms with van der Waals surface area (Å²) in [6, 6.07) is 10.4. The van der Waals surface area contributed by atoms with Gasteiger partial charge in [0.25, 0.3) is 0 Å². The van der Waals surface area contributed by atoms with Crippen LogP contribution >= 0.6 is 31.9 Å². The van der Waals surface area contributed by atoms with Crippen LogP contribution in [0.25, 0.3) is 0 Å². The second-order valence-corrected chi connectivity index (χ2v) is 5.58. The Bertz CT molecular complexity index is 497. The molecule has 0 N–H and O–H groups in total. The van der Waals surface area contributed by atoms with Crippen molar-refractivity contribution >= 4 is 37.5 Å². The molecule has 0 radical (unpaired) electrons. The molecule has 0 saturated carbocycles. The van der Waals surface area contributed by atoms with E-state index in [0.29, 0.717) is 0 Å². The number of pyridine rings is 1. The van der Waals surface area contributed by atoms with Gasteiger partial charge in [-0.3, -0.25) is 4.98 Å². The van der Waals surface area contributed by atoms with Crippen molar-refractivity contribution < 1.29 is 0 Å². The summed E-state index contributed by atoms with van der Waals surface area (Å²) in [5.74, 6) is 0. The Kier molecular flexibility index (Phi) is 4.18. The second kappa shape index (κ2) is 5.65. The molecule has 0 bridgehead atoms. The molecule has 2 rings (SSSR count). The van der Waals surface area contributed by atoms with Crippen LogP contribution in [-0.2, 0) is 6.54 Å². The van der Waals surface area contributed by atoms with E-state index in [-0.39, 0.29) is 0 Å². The van der Waals surface area contributed by atoms with Crippen molar-refractivity contribution in [3.8, 4) is 0 Å². The molecule has 0 aliphatic rings. The third-order valence-corrected chi connectivity index (χ3v) is 3.63. The predicted octanol–water partition coefficient (Wildman–Crippen LogP) is 4.24. The highest BCUT2D eigenvalue weighted by Gasteiger charge is 2.05. The molecule has 0 amide bonds. The molecule has 2 aromatic rings. The lowest BCUT2D eigenvalue weighted by molar-refractivity contribution is 0.917. The van der Waals surface area contributed by atoms with Gasteiger partial charge in [0, 0.05) is 30.5 Å². The smallest absolute Gasteiger partial charge is 0.0592 e. The topological polar surface area (TPSA) is 16.1 Å². The largest absolute Gasteiger partial charge is 0.369 e. The first kappa shape index (κ1) is 12.6. The van der Waals surface area contributed by atoms with Crippen LogP contribution in [0.15, 0.2) is 51.7 Å². The molecular weight excluding hydrogens is 344 g/mol. The van der Waals surface area contributed by atoms with E-state index >= 15 is 0 Å². The van der Waals surface area contributed by atoms with Crippen molar-refractivity contribution in [3.05, 3.63) is 57.2 Å². The zero-order chi connectivity index (χ0) is 12.3. The lowest BCUT2D eigenvalue weighted by Gasteiger charge is -2.20.